The molecule has 0 N–H and O–H groups in total. The molecule has 0 saturated carbocycles. The van der Waals surface area contributed by atoms with Crippen LogP contribution in [-0.4, -0.2) is 19.5 Å². The van der Waals surface area contributed by atoms with Crippen LogP contribution < -0.4 is 0 Å². The molecule has 0 radical (unpaired) electrons. The van der Waals surface area contributed by atoms with Crippen LogP contribution >= 0.6 is 15.9 Å². The number of hydrogen-bond donors (Lipinski definition) is 0. The third kappa shape index (κ3) is 5.80. The average molecular weight is 475 g/mol. The Morgan fingerprint density at radius 2 is 1.55 bits per heavy atom. The number of aryl methyl sites for hydroxylation is 1. The highest BCUT2D eigenvalue weighted by molar-refractivity contribution is 9.09. The minimum Gasteiger partial charge on any atom is -0.352 e. The third-order valence-corrected chi connectivity index (χ3v) is 5.41. The lowest BCUT2D eigenvalue weighted by Gasteiger charge is -2.29. The Bertz CT molecular complexity index is 790. The Hall–Kier alpha value is -1.44. The summed E-state index contributed by atoms with van der Waals surface area (Å²) >= 11 is 2.01. The van der Waals surface area contributed by atoms with E-state index in [1.165, 1.54) is 0 Å². The van der Waals surface area contributed by atoms with Gasteiger partial charge in [-0.15, -0.1) is 0 Å². The molecule has 0 atom stereocenters. The maximum absolute atomic E-state index is 14.0. The van der Waals surface area contributed by atoms with Crippen LogP contribution in [0, 0.1) is 17.6 Å². The van der Waals surface area contributed by atoms with E-state index in [1.807, 2.05) is 28.1 Å². The molecule has 2 aromatic carbocycles. The summed E-state index contributed by atoms with van der Waals surface area (Å²) in [6, 6.07) is 8.96. The van der Waals surface area contributed by atoms with Crippen molar-refractivity contribution in [3.63, 3.8) is 0 Å². The molecule has 1 heterocycles. The zero-order valence-electron chi connectivity index (χ0n) is 16.1. The van der Waals surface area contributed by atoms with E-state index >= 15 is 0 Å². The largest absolute Gasteiger partial charge is 0.352 e. The van der Waals surface area contributed by atoms with Crippen molar-refractivity contribution in [3.05, 3.63) is 59.2 Å². The van der Waals surface area contributed by atoms with Crippen LogP contribution in [0.1, 0.15) is 37.3 Å². The van der Waals surface area contributed by atoms with Gasteiger partial charge in [-0.2, -0.15) is 8.78 Å². The zero-order chi connectivity index (χ0) is 21.0. The Morgan fingerprint density at radius 3 is 2.07 bits per heavy atom. The van der Waals surface area contributed by atoms with Crippen molar-refractivity contribution in [3.8, 4) is 11.1 Å². The molecule has 2 aromatic rings. The smallest absolute Gasteiger partial charge is 0.332 e. The number of benzene rings is 2. The lowest BCUT2D eigenvalue weighted by atomic mass is 10.00. The Morgan fingerprint density at radius 1 is 0.966 bits per heavy atom. The number of rotatable bonds is 7. The van der Waals surface area contributed by atoms with Gasteiger partial charge in [-0.3, -0.25) is 0 Å². The Balaban J connectivity index is 1.61. The second-order valence-corrected chi connectivity index (χ2v) is 8.30. The van der Waals surface area contributed by atoms with Gasteiger partial charge < -0.3 is 9.47 Å². The summed E-state index contributed by atoms with van der Waals surface area (Å²) < 4.78 is 66.1. The van der Waals surface area contributed by atoms with Crippen LogP contribution in [0.15, 0.2) is 36.4 Å². The van der Waals surface area contributed by atoms with E-state index in [2.05, 4.69) is 6.92 Å². The first-order valence-electron chi connectivity index (χ1n) is 9.66. The average Bonchev–Trinajstić information content (AvgIpc) is 2.66. The second kappa shape index (κ2) is 9.58. The van der Waals surface area contributed by atoms with Gasteiger partial charge in [-0.25, -0.2) is 8.78 Å². The molecule has 7 heteroatoms. The lowest BCUT2D eigenvalue weighted by molar-refractivity contribution is -0.203. The number of ether oxygens (including phenoxy) is 2. The maximum atomic E-state index is 14.0. The van der Waals surface area contributed by atoms with E-state index in [1.54, 1.807) is 12.1 Å². The molecule has 1 saturated heterocycles. The second-order valence-electron chi connectivity index (χ2n) is 7.30. The topological polar surface area (TPSA) is 18.5 Å². The minimum atomic E-state index is -3.76. The fourth-order valence-corrected chi connectivity index (χ4v) is 3.86. The van der Waals surface area contributed by atoms with Gasteiger partial charge in [0.05, 0.1) is 13.2 Å². The van der Waals surface area contributed by atoms with E-state index in [4.69, 9.17) is 9.47 Å². The van der Waals surface area contributed by atoms with Crippen molar-refractivity contribution >= 4 is 15.9 Å². The number of halogens is 5. The summed E-state index contributed by atoms with van der Waals surface area (Å²) in [6.45, 7) is 3.58. The van der Waals surface area contributed by atoms with Crippen LogP contribution in [0.4, 0.5) is 17.6 Å². The molecule has 3 rings (SSSR count). The van der Waals surface area contributed by atoms with Gasteiger partial charge in [-0.05, 0) is 57.6 Å². The molecule has 0 unspecified atom stereocenters. The molecule has 0 aromatic heterocycles. The summed E-state index contributed by atoms with van der Waals surface area (Å²) in [7, 11) is 0. The molecule has 158 valence electrons. The molecule has 0 bridgehead atoms. The van der Waals surface area contributed by atoms with E-state index in [0.29, 0.717) is 11.5 Å². The highest BCUT2D eigenvalue weighted by atomic mass is 79.9. The number of hydrogen-bond acceptors (Lipinski definition) is 2. The van der Waals surface area contributed by atoms with Gasteiger partial charge in [0.25, 0.3) is 0 Å². The predicted molar refractivity (Wildman–Crippen MR) is 107 cm³/mol. The number of alkyl halides is 3. The van der Waals surface area contributed by atoms with Crippen molar-refractivity contribution in [2.75, 3.05) is 13.2 Å². The van der Waals surface area contributed by atoms with Gasteiger partial charge in [0.2, 0.25) is 0 Å². The summed E-state index contributed by atoms with van der Waals surface area (Å²) in [5.74, 6) is -2.12. The molecule has 1 fully saturated rings. The van der Waals surface area contributed by atoms with E-state index < -0.39 is 22.0 Å². The van der Waals surface area contributed by atoms with Gasteiger partial charge in [0.1, 0.15) is 17.2 Å². The molecule has 0 aliphatic carbocycles. The standard InChI is InChI=1S/C22H23BrF4O2/c1-2-3-15-12-28-20(29-13-15)9-6-14-4-7-16(8-5-14)17-10-18(24)21(19(25)11-17)22(23,26)27/h4-5,7-8,10-11,15,20H,2-3,6,9,12-13H2,1H3. The van der Waals surface area contributed by atoms with Crippen molar-refractivity contribution < 1.29 is 27.0 Å². The quantitative estimate of drug-likeness (QED) is 0.324. The van der Waals surface area contributed by atoms with E-state index in [-0.39, 0.29) is 11.9 Å². The summed E-state index contributed by atoms with van der Waals surface area (Å²) in [4.78, 5) is -3.76. The zero-order valence-corrected chi connectivity index (χ0v) is 17.7. The lowest BCUT2D eigenvalue weighted by Crippen LogP contribution is -2.32. The molecule has 1 aliphatic heterocycles. The Labute approximate surface area is 176 Å². The van der Waals surface area contributed by atoms with Crippen LogP contribution in [0.2, 0.25) is 0 Å². The fraction of sp³-hybridized carbons (Fsp3) is 0.455. The predicted octanol–water partition coefficient (Wildman–Crippen LogP) is 6.80. The molecule has 0 spiro atoms. The molecule has 29 heavy (non-hydrogen) atoms. The fourth-order valence-electron chi connectivity index (χ4n) is 3.48. The monoisotopic (exact) mass is 474 g/mol. The van der Waals surface area contributed by atoms with Gasteiger partial charge in [0, 0.05) is 12.3 Å². The summed E-state index contributed by atoms with van der Waals surface area (Å²) in [5, 5.41) is 0. The van der Waals surface area contributed by atoms with Crippen molar-refractivity contribution in [2.24, 2.45) is 5.92 Å². The van der Waals surface area contributed by atoms with E-state index in [0.717, 1.165) is 56.6 Å². The molecular weight excluding hydrogens is 452 g/mol. The van der Waals surface area contributed by atoms with E-state index in [9.17, 15) is 17.6 Å². The first-order chi connectivity index (χ1) is 13.8. The normalized spacial score (nSPS) is 20.1. The molecule has 2 nitrogen and oxygen atoms in total. The van der Waals surface area contributed by atoms with Gasteiger partial charge >= 0.3 is 4.83 Å². The van der Waals surface area contributed by atoms with Crippen LogP contribution in [0.5, 0.6) is 0 Å². The van der Waals surface area contributed by atoms with Crippen molar-refractivity contribution in [1.29, 1.82) is 0 Å². The Kier molecular flexibility index (Phi) is 7.35. The molecule has 1 aliphatic rings. The highest BCUT2D eigenvalue weighted by Crippen LogP contribution is 2.39. The minimum absolute atomic E-state index is 0.202. The first kappa shape index (κ1) is 22.2. The van der Waals surface area contributed by atoms with Crippen molar-refractivity contribution in [2.45, 2.75) is 43.7 Å². The summed E-state index contributed by atoms with van der Waals surface area (Å²) in [5.41, 5.74) is 0.490. The first-order valence-corrected chi connectivity index (χ1v) is 10.5. The van der Waals surface area contributed by atoms with Gasteiger partial charge in [-0.1, -0.05) is 37.6 Å². The van der Waals surface area contributed by atoms with Gasteiger partial charge in [0.15, 0.2) is 6.29 Å². The van der Waals surface area contributed by atoms with Crippen molar-refractivity contribution in [1.82, 2.24) is 0 Å². The molecule has 0 amide bonds. The highest BCUT2D eigenvalue weighted by Gasteiger charge is 2.34. The third-order valence-electron chi connectivity index (χ3n) is 5.01. The SMILES string of the molecule is CCCC1COC(CCc2ccc(-c3cc(F)c(C(F)(F)Br)c(F)c3)cc2)OC1. The van der Waals surface area contributed by atoms with Crippen LogP contribution in [0.25, 0.3) is 11.1 Å². The van der Waals surface area contributed by atoms with Crippen LogP contribution in [-0.2, 0) is 20.7 Å². The summed E-state index contributed by atoms with van der Waals surface area (Å²) in [6.07, 6.45) is 3.45. The van der Waals surface area contributed by atoms with Crippen LogP contribution in [0.3, 0.4) is 0 Å². The molecular formula is C22H23BrF4O2. The maximum Gasteiger partial charge on any atom is 0.332 e.